The molecule has 0 aliphatic rings. The number of carboxylic acid groups (broad SMARTS) is 2. The van der Waals surface area contributed by atoms with E-state index in [0.29, 0.717) is 41.5 Å². The number of aromatic nitrogens is 3. The molecule has 3 aromatic heterocycles. The van der Waals surface area contributed by atoms with Crippen molar-refractivity contribution in [1.29, 1.82) is 0 Å². The number of carboxylic acids is 2. The lowest BCUT2D eigenvalue weighted by molar-refractivity contribution is -0.144. The minimum atomic E-state index is -1.33. The smallest absolute Gasteiger partial charge is 0.327 e. The summed E-state index contributed by atoms with van der Waals surface area (Å²) in [5.41, 5.74) is 12.2. The SMILES string of the molecule is CC(C)(SSCCOC(=O)CC[C@H](NC(=O)c1ccc(CCCc2cc3c(=O)[nH]c(N)nc3[nH]2)s1)C(=O)O)[C@H](NC(=O)C(N)CCC=O)C(=O)O. The highest BCUT2D eigenvalue weighted by molar-refractivity contribution is 8.77. The molecule has 17 nitrogen and oxygen atoms in total. The molecular formula is C31H41N7O10S3. The number of rotatable bonds is 22. The number of nitrogens with two attached hydrogens (primary N) is 2. The van der Waals surface area contributed by atoms with Gasteiger partial charge >= 0.3 is 17.9 Å². The zero-order chi connectivity index (χ0) is 37.7. The molecule has 0 aromatic carbocycles. The molecule has 2 amide bonds. The molecule has 0 aliphatic carbocycles. The van der Waals surface area contributed by atoms with E-state index in [9.17, 15) is 43.8 Å². The number of anilines is 1. The van der Waals surface area contributed by atoms with E-state index in [1.165, 1.54) is 22.1 Å². The third-order valence-electron chi connectivity index (χ3n) is 7.43. The largest absolute Gasteiger partial charge is 0.480 e. The fourth-order valence-corrected chi connectivity index (χ4v) is 8.13. The van der Waals surface area contributed by atoms with Crippen LogP contribution in [0, 0.1) is 0 Å². The van der Waals surface area contributed by atoms with Crippen molar-refractivity contribution in [3.63, 3.8) is 0 Å². The van der Waals surface area contributed by atoms with Crippen LogP contribution in [0.2, 0.25) is 0 Å². The maximum atomic E-state index is 12.8. The second kappa shape index (κ2) is 19.3. The molecular weight excluding hydrogens is 727 g/mol. The summed E-state index contributed by atoms with van der Waals surface area (Å²) < 4.78 is 4.19. The van der Waals surface area contributed by atoms with Gasteiger partial charge in [-0.15, -0.1) is 11.3 Å². The number of hydrogen-bond donors (Lipinski definition) is 8. The normalized spacial score (nSPS) is 13.2. The molecule has 0 bridgehead atoms. The van der Waals surface area contributed by atoms with Crippen LogP contribution in [0.4, 0.5) is 5.95 Å². The Morgan fingerprint density at radius 2 is 1.84 bits per heavy atom. The van der Waals surface area contributed by atoms with Crippen LogP contribution in [0.3, 0.4) is 0 Å². The van der Waals surface area contributed by atoms with Crippen LogP contribution >= 0.6 is 32.9 Å². The van der Waals surface area contributed by atoms with Gasteiger partial charge in [-0.1, -0.05) is 21.6 Å². The number of carbonyl (C=O) groups is 6. The Balaban J connectivity index is 1.38. The Kier molecular flexibility index (Phi) is 15.5. The molecule has 278 valence electrons. The minimum absolute atomic E-state index is 0.0219. The number of hydrogen-bond acceptors (Lipinski definition) is 14. The molecule has 10 N–H and O–H groups in total. The van der Waals surface area contributed by atoms with Gasteiger partial charge in [-0.2, -0.15) is 4.98 Å². The topological polar surface area (TPSA) is 290 Å². The maximum absolute atomic E-state index is 12.8. The van der Waals surface area contributed by atoms with Crippen molar-refractivity contribution >= 4 is 85.9 Å². The predicted molar refractivity (Wildman–Crippen MR) is 194 cm³/mol. The monoisotopic (exact) mass is 767 g/mol. The maximum Gasteiger partial charge on any atom is 0.327 e. The first kappa shape index (κ1) is 41.0. The van der Waals surface area contributed by atoms with Gasteiger partial charge in [0, 0.05) is 29.2 Å². The Labute approximate surface area is 303 Å². The summed E-state index contributed by atoms with van der Waals surface area (Å²) in [5, 5.41) is 24.6. The van der Waals surface area contributed by atoms with Crippen LogP contribution in [0.15, 0.2) is 23.0 Å². The minimum Gasteiger partial charge on any atom is -0.480 e. The second-order valence-corrected chi connectivity index (χ2v) is 16.1. The molecule has 51 heavy (non-hydrogen) atoms. The molecule has 0 saturated heterocycles. The van der Waals surface area contributed by atoms with Gasteiger partial charge in [-0.05, 0) is 64.2 Å². The van der Waals surface area contributed by atoms with E-state index < -0.39 is 52.6 Å². The number of amides is 2. The number of carbonyl (C=O) groups excluding carboxylic acids is 4. The molecule has 0 saturated carbocycles. The summed E-state index contributed by atoms with van der Waals surface area (Å²) in [5.74, 6) is -4.22. The van der Waals surface area contributed by atoms with Gasteiger partial charge in [0.05, 0.1) is 21.1 Å². The van der Waals surface area contributed by atoms with Crippen molar-refractivity contribution in [3.8, 4) is 0 Å². The van der Waals surface area contributed by atoms with E-state index in [2.05, 4.69) is 25.6 Å². The quantitative estimate of drug-likeness (QED) is 0.0312. The number of aromatic amines is 2. The standard InChI is InChI=1S/C31H41N7O10S3/c1-31(2,23(29(46)47)36-26(42)19(32)7-4-12-39)51-49-14-13-48-22(40)11-9-20(28(44)45)35-27(43)21-10-8-17(50-21)6-3-5-16-15-18-24(34-16)37-30(33)38-25(18)41/h8,10,12,15,19-20,23H,3-7,9,11,13-14,32H2,1-2H3,(H,35,43)(H,36,42)(H,44,45)(H,46,47)(H4,33,34,37,38,41)/t19?,20-,23+/m0/s1. The molecule has 0 radical (unpaired) electrons. The van der Waals surface area contributed by atoms with Gasteiger partial charge in [-0.3, -0.25) is 24.2 Å². The number of H-pyrrole nitrogens is 2. The van der Waals surface area contributed by atoms with Crippen molar-refractivity contribution in [2.24, 2.45) is 5.73 Å². The molecule has 3 rings (SSSR count). The van der Waals surface area contributed by atoms with Crippen molar-refractivity contribution in [1.82, 2.24) is 25.6 Å². The summed E-state index contributed by atoms with van der Waals surface area (Å²) in [6.45, 7) is 3.20. The average molecular weight is 768 g/mol. The van der Waals surface area contributed by atoms with Gasteiger partial charge in [-0.25, -0.2) is 9.59 Å². The highest BCUT2D eigenvalue weighted by atomic mass is 33.1. The zero-order valence-corrected chi connectivity index (χ0v) is 30.3. The first-order valence-electron chi connectivity index (χ1n) is 15.8. The van der Waals surface area contributed by atoms with E-state index in [0.717, 1.165) is 21.4 Å². The Bertz CT molecular complexity index is 1770. The van der Waals surface area contributed by atoms with Crippen LogP contribution in [0.25, 0.3) is 11.0 Å². The summed E-state index contributed by atoms with van der Waals surface area (Å²) in [6, 6.07) is 1.46. The van der Waals surface area contributed by atoms with E-state index in [1.54, 1.807) is 32.0 Å². The molecule has 3 aromatic rings. The molecule has 1 unspecified atom stereocenters. The summed E-state index contributed by atoms with van der Waals surface area (Å²) in [7, 11) is 2.38. The highest BCUT2D eigenvalue weighted by Crippen LogP contribution is 2.38. The van der Waals surface area contributed by atoms with Crippen LogP contribution < -0.4 is 27.7 Å². The van der Waals surface area contributed by atoms with E-state index >= 15 is 0 Å². The molecule has 3 heterocycles. The summed E-state index contributed by atoms with van der Waals surface area (Å²) >= 11 is 1.23. The number of nitrogens with zero attached hydrogens (tertiary/aromatic N) is 1. The van der Waals surface area contributed by atoms with Gasteiger partial charge in [0.2, 0.25) is 11.9 Å². The van der Waals surface area contributed by atoms with Crippen LogP contribution in [-0.2, 0) is 41.6 Å². The Hall–Kier alpha value is -4.40. The first-order chi connectivity index (χ1) is 24.1. The van der Waals surface area contributed by atoms with Crippen LogP contribution in [0.1, 0.15) is 66.2 Å². The highest BCUT2D eigenvalue weighted by Gasteiger charge is 2.38. The van der Waals surface area contributed by atoms with Crippen molar-refractivity contribution in [2.75, 3.05) is 18.1 Å². The van der Waals surface area contributed by atoms with E-state index in [1.807, 2.05) is 0 Å². The number of aldehydes is 1. The van der Waals surface area contributed by atoms with E-state index in [4.69, 9.17) is 16.2 Å². The number of aryl methyl sites for hydroxylation is 2. The van der Waals surface area contributed by atoms with Crippen LogP contribution in [0.5, 0.6) is 0 Å². The Morgan fingerprint density at radius 1 is 1.10 bits per heavy atom. The number of nitrogens with one attached hydrogen (secondary N) is 4. The third-order valence-corrected chi connectivity index (χ3v) is 11.8. The lowest BCUT2D eigenvalue weighted by Crippen LogP contribution is -2.56. The zero-order valence-electron chi connectivity index (χ0n) is 27.9. The van der Waals surface area contributed by atoms with Crippen molar-refractivity contribution < 1.29 is 43.7 Å². The lowest BCUT2D eigenvalue weighted by atomic mass is 10.0. The number of fused-ring (bicyclic) bond motifs is 1. The molecule has 3 atom stereocenters. The van der Waals surface area contributed by atoms with Gasteiger partial charge in [0.1, 0.15) is 30.6 Å². The fraction of sp³-hybridized carbons (Fsp3) is 0.484. The number of nitrogen functional groups attached to an aromatic ring is 1. The first-order valence-corrected chi connectivity index (χ1v) is 18.9. The number of aliphatic carboxylic acids is 2. The average Bonchev–Trinajstić information content (AvgIpc) is 3.71. The lowest BCUT2D eigenvalue weighted by Gasteiger charge is -2.31. The molecule has 20 heteroatoms. The van der Waals surface area contributed by atoms with Crippen molar-refractivity contribution in [3.05, 3.63) is 44.0 Å². The van der Waals surface area contributed by atoms with Gasteiger partial charge < -0.3 is 46.8 Å². The third kappa shape index (κ3) is 12.7. The fourth-order valence-electron chi connectivity index (χ4n) is 4.73. The predicted octanol–water partition coefficient (Wildman–Crippen LogP) is 1.61. The van der Waals surface area contributed by atoms with Crippen molar-refractivity contribution in [2.45, 2.75) is 81.7 Å². The Morgan fingerprint density at radius 3 is 2.53 bits per heavy atom. The summed E-state index contributed by atoms with van der Waals surface area (Å²) in [4.78, 5) is 94.5. The second-order valence-electron chi connectivity index (χ2n) is 11.9. The van der Waals surface area contributed by atoms with Crippen LogP contribution in [-0.4, -0.2) is 96.4 Å². The van der Waals surface area contributed by atoms with Gasteiger partial charge in [0.15, 0.2) is 0 Å². The summed E-state index contributed by atoms with van der Waals surface area (Å²) in [6.07, 6.45) is 2.27. The molecule has 0 aliphatic heterocycles. The number of ether oxygens (including phenoxy) is 1. The molecule has 0 spiro atoms. The number of thiophene rings is 1. The van der Waals surface area contributed by atoms with E-state index in [-0.39, 0.29) is 49.6 Å². The molecule has 0 fully saturated rings. The number of esters is 1. The van der Waals surface area contributed by atoms with Gasteiger partial charge in [0.25, 0.3) is 11.5 Å².